The van der Waals surface area contributed by atoms with E-state index in [-0.39, 0.29) is 11.9 Å². The molecule has 0 bridgehead atoms. The highest BCUT2D eigenvalue weighted by molar-refractivity contribution is 5.94. The normalized spacial score (nSPS) is 16.1. The molecule has 0 saturated carbocycles. The molecule has 4 heteroatoms. The van der Waals surface area contributed by atoms with Crippen LogP contribution in [0.2, 0.25) is 0 Å². The van der Waals surface area contributed by atoms with Crippen LogP contribution in [0, 0.1) is 12.8 Å². The molecule has 1 aliphatic rings. The molecule has 3 rings (SSSR count). The van der Waals surface area contributed by atoms with Crippen LogP contribution < -0.4 is 14.8 Å². The SMILES string of the molecule is Cc1ccc2c(c1)C(NC(=O)c1ccc(OCC(C)C)cc1)CCO2. The molecule has 0 aromatic heterocycles. The third kappa shape index (κ3) is 4.32. The van der Waals surface area contributed by atoms with E-state index in [1.165, 1.54) is 0 Å². The monoisotopic (exact) mass is 339 g/mol. The van der Waals surface area contributed by atoms with E-state index < -0.39 is 0 Å². The van der Waals surface area contributed by atoms with Gasteiger partial charge >= 0.3 is 0 Å². The minimum Gasteiger partial charge on any atom is -0.493 e. The molecule has 0 fully saturated rings. The Morgan fingerprint density at radius 2 is 2.00 bits per heavy atom. The second-order valence-electron chi connectivity index (χ2n) is 6.93. The first kappa shape index (κ1) is 17.3. The first-order valence-electron chi connectivity index (χ1n) is 8.80. The summed E-state index contributed by atoms with van der Waals surface area (Å²) in [7, 11) is 0. The van der Waals surface area contributed by atoms with Gasteiger partial charge in [0, 0.05) is 17.5 Å². The number of nitrogens with one attached hydrogen (secondary N) is 1. The minimum atomic E-state index is -0.0743. The van der Waals surface area contributed by atoms with Crippen LogP contribution in [0.15, 0.2) is 42.5 Å². The van der Waals surface area contributed by atoms with Crippen molar-refractivity contribution in [2.45, 2.75) is 33.2 Å². The Bertz CT molecular complexity index is 737. The fraction of sp³-hybridized carbons (Fsp3) is 0.381. The van der Waals surface area contributed by atoms with E-state index in [9.17, 15) is 4.79 Å². The summed E-state index contributed by atoms with van der Waals surface area (Å²) < 4.78 is 11.4. The van der Waals surface area contributed by atoms with Crippen molar-refractivity contribution < 1.29 is 14.3 Å². The molecule has 2 aromatic carbocycles. The summed E-state index contributed by atoms with van der Waals surface area (Å²) in [6.07, 6.45) is 0.776. The lowest BCUT2D eigenvalue weighted by atomic mass is 9.98. The summed E-state index contributed by atoms with van der Waals surface area (Å²) in [6.45, 7) is 7.54. The van der Waals surface area contributed by atoms with Crippen LogP contribution in [0.25, 0.3) is 0 Å². The Morgan fingerprint density at radius 3 is 2.72 bits per heavy atom. The zero-order valence-electron chi connectivity index (χ0n) is 15.0. The third-order valence-electron chi connectivity index (χ3n) is 4.21. The highest BCUT2D eigenvalue weighted by Crippen LogP contribution is 2.32. The van der Waals surface area contributed by atoms with Crippen LogP contribution in [-0.4, -0.2) is 19.1 Å². The van der Waals surface area contributed by atoms with Crippen molar-refractivity contribution >= 4 is 5.91 Å². The van der Waals surface area contributed by atoms with E-state index in [1.807, 2.05) is 43.3 Å². The molecule has 0 saturated heterocycles. The number of hydrogen-bond acceptors (Lipinski definition) is 3. The molecule has 1 heterocycles. The van der Waals surface area contributed by atoms with Crippen molar-refractivity contribution in [3.05, 3.63) is 59.2 Å². The molecule has 0 spiro atoms. The molecule has 0 aliphatic carbocycles. The van der Waals surface area contributed by atoms with Crippen molar-refractivity contribution in [1.82, 2.24) is 5.32 Å². The lowest BCUT2D eigenvalue weighted by Gasteiger charge is -2.27. The Hall–Kier alpha value is -2.49. The van der Waals surface area contributed by atoms with Gasteiger partial charge in [-0.25, -0.2) is 0 Å². The standard InChI is InChI=1S/C21H25NO3/c1-14(2)13-25-17-7-5-16(6-8-17)21(23)22-19-10-11-24-20-9-4-15(3)12-18(19)20/h4-9,12,14,19H,10-11,13H2,1-3H3,(H,22,23). The fourth-order valence-corrected chi connectivity index (χ4v) is 2.87. The number of aryl methyl sites for hydroxylation is 1. The Labute approximate surface area is 149 Å². The maximum Gasteiger partial charge on any atom is 0.251 e. The van der Waals surface area contributed by atoms with E-state index in [2.05, 4.69) is 25.2 Å². The number of benzene rings is 2. The Balaban J connectivity index is 1.68. The molecule has 1 aliphatic heterocycles. The molecular weight excluding hydrogens is 314 g/mol. The molecular formula is C21H25NO3. The van der Waals surface area contributed by atoms with Gasteiger partial charge in [-0.3, -0.25) is 4.79 Å². The number of ether oxygens (including phenoxy) is 2. The lowest BCUT2D eigenvalue weighted by Crippen LogP contribution is -2.32. The summed E-state index contributed by atoms with van der Waals surface area (Å²) >= 11 is 0. The molecule has 1 amide bonds. The summed E-state index contributed by atoms with van der Waals surface area (Å²) in [5.41, 5.74) is 2.85. The van der Waals surface area contributed by atoms with Crippen LogP contribution in [-0.2, 0) is 0 Å². The molecule has 4 nitrogen and oxygen atoms in total. The second kappa shape index (κ2) is 7.60. The zero-order chi connectivity index (χ0) is 17.8. The smallest absolute Gasteiger partial charge is 0.251 e. The molecule has 1 unspecified atom stereocenters. The molecule has 1 atom stereocenters. The van der Waals surface area contributed by atoms with Crippen LogP contribution in [0.3, 0.4) is 0 Å². The topological polar surface area (TPSA) is 47.6 Å². The number of hydrogen-bond donors (Lipinski definition) is 1. The first-order chi connectivity index (χ1) is 12.0. The number of amides is 1. The highest BCUT2D eigenvalue weighted by Gasteiger charge is 2.23. The van der Waals surface area contributed by atoms with Crippen molar-refractivity contribution in [1.29, 1.82) is 0 Å². The number of carbonyl (C=O) groups is 1. The van der Waals surface area contributed by atoms with Gasteiger partial charge < -0.3 is 14.8 Å². The maximum atomic E-state index is 12.6. The van der Waals surface area contributed by atoms with Crippen molar-refractivity contribution in [3.63, 3.8) is 0 Å². The third-order valence-corrected chi connectivity index (χ3v) is 4.21. The highest BCUT2D eigenvalue weighted by atomic mass is 16.5. The predicted octanol–water partition coefficient (Wildman–Crippen LogP) is 4.28. The molecule has 132 valence electrons. The lowest BCUT2D eigenvalue weighted by molar-refractivity contribution is 0.0924. The van der Waals surface area contributed by atoms with Crippen LogP contribution in [0.5, 0.6) is 11.5 Å². The first-order valence-corrected chi connectivity index (χ1v) is 8.80. The van der Waals surface area contributed by atoms with Crippen LogP contribution in [0.4, 0.5) is 0 Å². The number of fused-ring (bicyclic) bond motifs is 1. The average Bonchev–Trinajstić information content (AvgIpc) is 2.61. The van der Waals surface area contributed by atoms with Crippen molar-refractivity contribution in [3.8, 4) is 11.5 Å². The minimum absolute atomic E-state index is 0.0204. The average molecular weight is 339 g/mol. The van der Waals surface area contributed by atoms with Crippen LogP contribution in [0.1, 0.15) is 47.8 Å². The van der Waals surface area contributed by atoms with Gasteiger partial charge in [-0.2, -0.15) is 0 Å². The quantitative estimate of drug-likeness (QED) is 0.884. The van der Waals surface area contributed by atoms with Gasteiger partial charge in [-0.05, 0) is 43.2 Å². The Kier molecular flexibility index (Phi) is 5.27. The summed E-state index contributed by atoms with van der Waals surface area (Å²) in [6, 6.07) is 13.4. The van der Waals surface area contributed by atoms with Crippen molar-refractivity contribution in [2.24, 2.45) is 5.92 Å². The van der Waals surface area contributed by atoms with Crippen molar-refractivity contribution in [2.75, 3.05) is 13.2 Å². The van der Waals surface area contributed by atoms with Gasteiger partial charge in [0.25, 0.3) is 5.91 Å². The molecule has 0 radical (unpaired) electrons. The number of rotatable bonds is 5. The molecule has 1 N–H and O–H groups in total. The maximum absolute atomic E-state index is 12.6. The second-order valence-corrected chi connectivity index (χ2v) is 6.93. The molecule has 25 heavy (non-hydrogen) atoms. The van der Waals surface area contributed by atoms with Gasteiger partial charge in [0.1, 0.15) is 11.5 Å². The summed E-state index contributed by atoms with van der Waals surface area (Å²) in [4.78, 5) is 12.6. The van der Waals surface area contributed by atoms with E-state index in [0.717, 1.165) is 29.0 Å². The van der Waals surface area contributed by atoms with Gasteiger partial charge in [-0.15, -0.1) is 0 Å². The summed E-state index contributed by atoms with van der Waals surface area (Å²) in [5, 5.41) is 3.13. The summed E-state index contributed by atoms with van der Waals surface area (Å²) in [5.74, 6) is 2.05. The van der Waals surface area contributed by atoms with Gasteiger partial charge in [0.05, 0.1) is 19.3 Å². The van der Waals surface area contributed by atoms with Gasteiger partial charge in [0.2, 0.25) is 0 Å². The van der Waals surface area contributed by atoms with E-state index in [0.29, 0.717) is 24.7 Å². The van der Waals surface area contributed by atoms with Gasteiger partial charge in [-0.1, -0.05) is 31.5 Å². The number of carbonyl (C=O) groups excluding carboxylic acids is 1. The van der Waals surface area contributed by atoms with E-state index in [4.69, 9.17) is 9.47 Å². The largest absolute Gasteiger partial charge is 0.493 e. The van der Waals surface area contributed by atoms with Crippen LogP contribution >= 0.6 is 0 Å². The zero-order valence-corrected chi connectivity index (χ0v) is 15.0. The van der Waals surface area contributed by atoms with Gasteiger partial charge in [0.15, 0.2) is 0 Å². The predicted molar refractivity (Wildman–Crippen MR) is 98.3 cm³/mol. The van der Waals surface area contributed by atoms with E-state index in [1.54, 1.807) is 0 Å². The molecule has 2 aromatic rings. The van der Waals surface area contributed by atoms with E-state index >= 15 is 0 Å². The Morgan fingerprint density at radius 1 is 1.24 bits per heavy atom. The fourth-order valence-electron chi connectivity index (χ4n) is 2.87.